The number of rotatable bonds is 5. The van der Waals surface area contributed by atoms with E-state index in [1.165, 1.54) is 22.3 Å². The van der Waals surface area contributed by atoms with Crippen LogP contribution in [-0.2, 0) is 0 Å². The number of hydrogen-bond acceptors (Lipinski definition) is 0. The maximum absolute atomic E-state index is 2.34. The molecular formula is C20H22. The van der Waals surface area contributed by atoms with Crippen LogP contribution in [0.15, 0.2) is 72.3 Å². The van der Waals surface area contributed by atoms with Crippen molar-refractivity contribution < 1.29 is 0 Å². The van der Waals surface area contributed by atoms with Gasteiger partial charge in [0.1, 0.15) is 0 Å². The fourth-order valence-electron chi connectivity index (χ4n) is 2.39. The van der Waals surface area contributed by atoms with Crippen LogP contribution in [0.4, 0.5) is 0 Å². The summed E-state index contributed by atoms with van der Waals surface area (Å²) in [6.45, 7) is 4.42. The molecule has 0 aliphatic carbocycles. The van der Waals surface area contributed by atoms with Gasteiger partial charge in [-0.05, 0) is 41.2 Å². The molecular weight excluding hydrogens is 240 g/mol. The summed E-state index contributed by atoms with van der Waals surface area (Å²) < 4.78 is 0. The SMILES string of the molecule is CCC=C(CC)C(=Cc1ccccc1)c1ccccc1. The minimum absolute atomic E-state index is 1.06. The molecule has 2 rings (SSSR count). The molecule has 0 spiro atoms. The second-order valence-electron chi connectivity index (χ2n) is 4.83. The normalized spacial score (nSPS) is 12.5. The van der Waals surface area contributed by atoms with Crippen molar-refractivity contribution in [3.8, 4) is 0 Å². The highest BCUT2D eigenvalue weighted by atomic mass is 14.1. The van der Waals surface area contributed by atoms with Crippen LogP contribution in [-0.4, -0.2) is 0 Å². The minimum Gasteiger partial charge on any atom is -0.0810 e. The van der Waals surface area contributed by atoms with Gasteiger partial charge in [0.2, 0.25) is 0 Å². The third-order valence-corrected chi connectivity index (χ3v) is 3.37. The highest BCUT2D eigenvalue weighted by Crippen LogP contribution is 2.28. The first kappa shape index (κ1) is 14.3. The molecule has 0 bridgehead atoms. The topological polar surface area (TPSA) is 0 Å². The first-order chi connectivity index (χ1) is 9.85. The van der Waals surface area contributed by atoms with Crippen molar-refractivity contribution in [1.82, 2.24) is 0 Å². The third-order valence-electron chi connectivity index (χ3n) is 3.37. The molecule has 0 amide bonds. The molecule has 2 aromatic carbocycles. The molecule has 0 aromatic heterocycles. The smallest absolute Gasteiger partial charge is 0.0149 e. The zero-order chi connectivity index (χ0) is 14.2. The molecule has 0 atom stereocenters. The fraction of sp³-hybridized carbons (Fsp3) is 0.200. The Kier molecular flexibility index (Phi) is 5.37. The molecule has 0 saturated carbocycles. The lowest BCUT2D eigenvalue weighted by molar-refractivity contribution is 1.11. The van der Waals surface area contributed by atoms with Crippen molar-refractivity contribution in [1.29, 1.82) is 0 Å². The van der Waals surface area contributed by atoms with Gasteiger partial charge in [-0.15, -0.1) is 0 Å². The molecule has 0 fully saturated rings. The summed E-state index contributed by atoms with van der Waals surface area (Å²) in [5.74, 6) is 0. The van der Waals surface area contributed by atoms with Gasteiger partial charge in [0.25, 0.3) is 0 Å². The predicted molar refractivity (Wildman–Crippen MR) is 89.4 cm³/mol. The summed E-state index contributed by atoms with van der Waals surface area (Å²) in [4.78, 5) is 0. The zero-order valence-electron chi connectivity index (χ0n) is 12.3. The van der Waals surface area contributed by atoms with Gasteiger partial charge in [0.05, 0.1) is 0 Å². The van der Waals surface area contributed by atoms with E-state index >= 15 is 0 Å². The molecule has 0 N–H and O–H groups in total. The van der Waals surface area contributed by atoms with E-state index in [2.05, 4.69) is 86.7 Å². The molecule has 0 aliphatic heterocycles. The van der Waals surface area contributed by atoms with Gasteiger partial charge in [-0.1, -0.05) is 80.6 Å². The van der Waals surface area contributed by atoms with Gasteiger partial charge in [-0.2, -0.15) is 0 Å². The van der Waals surface area contributed by atoms with Crippen LogP contribution in [0.2, 0.25) is 0 Å². The third kappa shape index (κ3) is 3.71. The maximum atomic E-state index is 2.34. The molecule has 0 radical (unpaired) electrons. The molecule has 0 saturated heterocycles. The van der Waals surface area contributed by atoms with Gasteiger partial charge >= 0.3 is 0 Å². The molecule has 0 heteroatoms. The molecule has 20 heavy (non-hydrogen) atoms. The first-order valence-corrected chi connectivity index (χ1v) is 7.36. The Hall–Kier alpha value is -2.08. The van der Waals surface area contributed by atoms with Crippen LogP contribution in [0.5, 0.6) is 0 Å². The Labute approximate surface area is 122 Å². The molecule has 0 nitrogen and oxygen atoms in total. The average Bonchev–Trinajstić information content (AvgIpc) is 2.52. The van der Waals surface area contributed by atoms with Crippen LogP contribution < -0.4 is 0 Å². The van der Waals surface area contributed by atoms with Crippen molar-refractivity contribution >= 4 is 11.6 Å². The lowest BCUT2D eigenvalue weighted by Gasteiger charge is -2.12. The Bertz CT molecular complexity index is 574. The van der Waals surface area contributed by atoms with Crippen molar-refractivity contribution in [2.24, 2.45) is 0 Å². The van der Waals surface area contributed by atoms with Crippen molar-refractivity contribution in [3.05, 3.63) is 83.4 Å². The van der Waals surface area contributed by atoms with E-state index in [9.17, 15) is 0 Å². The molecule has 102 valence electrons. The van der Waals surface area contributed by atoms with E-state index in [-0.39, 0.29) is 0 Å². The summed E-state index contributed by atoms with van der Waals surface area (Å²) in [7, 11) is 0. The first-order valence-electron chi connectivity index (χ1n) is 7.36. The summed E-state index contributed by atoms with van der Waals surface area (Å²) in [5.41, 5.74) is 5.29. The van der Waals surface area contributed by atoms with Crippen LogP contribution >= 0.6 is 0 Å². The standard InChI is InChI=1S/C20H22/c1-3-11-18(4-2)20(19-14-9-6-10-15-19)16-17-12-7-5-8-13-17/h5-16H,3-4H2,1-2H3. The van der Waals surface area contributed by atoms with Gasteiger partial charge in [-0.25, -0.2) is 0 Å². The van der Waals surface area contributed by atoms with E-state index in [4.69, 9.17) is 0 Å². The predicted octanol–water partition coefficient (Wildman–Crippen LogP) is 5.97. The van der Waals surface area contributed by atoms with Gasteiger partial charge in [0.15, 0.2) is 0 Å². The van der Waals surface area contributed by atoms with Crippen molar-refractivity contribution in [3.63, 3.8) is 0 Å². The highest BCUT2D eigenvalue weighted by molar-refractivity contribution is 5.90. The number of hydrogen-bond donors (Lipinski definition) is 0. The lowest BCUT2D eigenvalue weighted by Crippen LogP contribution is -1.90. The highest BCUT2D eigenvalue weighted by Gasteiger charge is 2.06. The second-order valence-corrected chi connectivity index (χ2v) is 4.83. The lowest BCUT2D eigenvalue weighted by atomic mass is 9.93. The Morgan fingerprint density at radius 1 is 0.850 bits per heavy atom. The number of benzene rings is 2. The van der Waals surface area contributed by atoms with Gasteiger partial charge < -0.3 is 0 Å². The van der Waals surface area contributed by atoms with Crippen LogP contribution in [0.25, 0.3) is 11.6 Å². The Balaban J connectivity index is 2.50. The molecule has 0 unspecified atom stereocenters. The largest absolute Gasteiger partial charge is 0.0810 e. The van der Waals surface area contributed by atoms with Gasteiger partial charge in [0, 0.05) is 0 Å². The Morgan fingerprint density at radius 3 is 2.00 bits per heavy atom. The number of allylic oxidation sites excluding steroid dienone is 3. The van der Waals surface area contributed by atoms with Crippen LogP contribution in [0.1, 0.15) is 37.8 Å². The van der Waals surface area contributed by atoms with E-state index in [1.807, 2.05) is 0 Å². The van der Waals surface area contributed by atoms with E-state index in [1.54, 1.807) is 0 Å². The summed E-state index contributed by atoms with van der Waals surface area (Å²) >= 11 is 0. The monoisotopic (exact) mass is 262 g/mol. The molecule has 2 aromatic rings. The summed E-state index contributed by atoms with van der Waals surface area (Å²) in [6, 6.07) is 21.2. The molecule has 0 aliphatic rings. The van der Waals surface area contributed by atoms with Crippen molar-refractivity contribution in [2.45, 2.75) is 26.7 Å². The zero-order valence-corrected chi connectivity index (χ0v) is 12.3. The average molecular weight is 262 g/mol. The second kappa shape index (κ2) is 7.49. The van der Waals surface area contributed by atoms with E-state index in [0.29, 0.717) is 0 Å². The Morgan fingerprint density at radius 2 is 1.45 bits per heavy atom. The maximum Gasteiger partial charge on any atom is -0.0149 e. The minimum atomic E-state index is 1.06. The van der Waals surface area contributed by atoms with Crippen molar-refractivity contribution in [2.75, 3.05) is 0 Å². The van der Waals surface area contributed by atoms with Gasteiger partial charge in [-0.3, -0.25) is 0 Å². The van der Waals surface area contributed by atoms with Crippen LogP contribution in [0.3, 0.4) is 0 Å². The van der Waals surface area contributed by atoms with Crippen LogP contribution in [0, 0.1) is 0 Å². The summed E-state index contributed by atoms with van der Waals surface area (Å²) in [6.07, 6.45) is 6.76. The quantitative estimate of drug-likeness (QED) is 0.459. The van der Waals surface area contributed by atoms with E-state index in [0.717, 1.165) is 12.8 Å². The fourth-order valence-corrected chi connectivity index (χ4v) is 2.39. The molecule has 0 heterocycles. The summed E-state index contributed by atoms with van der Waals surface area (Å²) in [5, 5.41) is 0. The van der Waals surface area contributed by atoms with E-state index < -0.39 is 0 Å².